The van der Waals surface area contributed by atoms with Crippen molar-refractivity contribution in [1.82, 2.24) is 0 Å². The fraction of sp³-hybridized carbons (Fsp3) is 0.833. The number of hydrogen-bond donors (Lipinski definition) is 0. The highest BCUT2D eigenvalue weighted by Gasteiger charge is 2.55. The van der Waals surface area contributed by atoms with Gasteiger partial charge in [0.15, 0.2) is 0 Å². The normalized spacial score (nSPS) is 42.6. The van der Waals surface area contributed by atoms with Crippen molar-refractivity contribution in [1.29, 1.82) is 0 Å². The molecule has 0 amide bonds. The van der Waals surface area contributed by atoms with Crippen molar-refractivity contribution >= 4 is 5.78 Å². The molecule has 3 aliphatic carbocycles. The van der Waals surface area contributed by atoms with Crippen LogP contribution in [0.25, 0.3) is 0 Å². The summed E-state index contributed by atoms with van der Waals surface area (Å²) in [5, 5.41) is 0. The lowest BCUT2D eigenvalue weighted by molar-refractivity contribution is -0.135. The van der Waals surface area contributed by atoms with Crippen LogP contribution in [0.3, 0.4) is 0 Å². The molecule has 0 aromatic carbocycles. The zero-order valence-corrected chi connectivity index (χ0v) is 13.0. The summed E-state index contributed by atoms with van der Waals surface area (Å²) in [6.07, 6.45) is 8.17. The summed E-state index contributed by atoms with van der Waals surface area (Å²) in [6.45, 7) is 9.41. The van der Waals surface area contributed by atoms with E-state index in [-0.39, 0.29) is 5.41 Å². The molecule has 0 aromatic heterocycles. The maximum absolute atomic E-state index is 12.5. The van der Waals surface area contributed by atoms with E-state index in [0.29, 0.717) is 23.0 Å². The Morgan fingerprint density at radius 2 is 1.84 bits per heavy atom. The molecule has 0 aliphatic heterocycles. The molecule has 0 bridgehead atoms. The van der Waals surface area contributed by atoms with E-state index in [0.717, 1.165) is 19.3 Å². The summed E-state index contributed by atoms with van der Waals surface area (Å²) in [7, 11) is 0. The molecule has 106 valence electrons. The first-order chi connectivity index (χ1) is 8.88. The van der Waals surface area contributed by atoms with Crippen molar-refractivity contribution in [2.75, 3.05) is 0 Å². The SMILES string of the molecule is CC(C)C1=C2[C@H]3CCCC(=O)[C@]3(C)CC[C@@]2(C)CC1. The van der Waals surface area contributed by atoms with Gasteiger partial charge in [-0.3, -0.25) is 4.79 Å². The predicted molar refractivity (Wildman–Crippen MR) is 78.9 cm³/mol. The average Bonchev–Trinajstić information content (AvgIpc) is 2.70. The van der Waals surface area contributed by atoms with Crippen molar-refractivity contribution in [3.63, 3.8) is 0 Å². The van der Waals surface area contributed by atoms with Crippen LogP contribution in [-0.2, 0) is 4.79 Å². The molecule has 19 heavy (non-hydrogen) atoms. The van der Waals surface area contributed by atoms with Gasteiger partial charge in [0.25, 0.3) is 0 Å². The summed E-state index contributed by atoms with van der Waals surface area (Å²) in [6, 6.07) is 0. The summed E-state index contributed by atoms with van der Waals surface area (Å²) in [5.74, 6) is 1.77. The van der Waals surface area contributed by atoms with Crippen molar-refractivity contribution in [2.45, 2.75) is 72.6 Å². The molecule has 3 rings (SSSR count). The van der Waals surface area contributed by atoms with E-state index in [1.807, 2.05) is 0 Å². The Balaban J connectivity index is 2.10. The number of rotatable bonds is 1. The molecule has 3 aliphatic rings. The molecule has 0 aromatic rings. The second-order valence-electron chi connectivity index (χ2n) is 7.94. The first kappa shape index (κ1) is 13.4. The van der Waals surface area contributed by atoms with Crippen molar-refractivity contribution in [3.8, 4) is 0 Å². The number of carbonyl (C=O) groups excluding carboxylic acids is 1. The fourth-order valence-corrected chi connectivity index (χ4v) is 5.15. The molecule has 1 heteroatoms. The Morgan fingerprint density at radius 1 is 1.11 bits per heavy atom. The number of carbonyl (C=O) groups is 1. The molecule has 0 heterocycles. The maximum atomic E-state index is 12.5. The van der Waals surface area contributed by atoms with E-state index < -0.39 is 0 Å². The van der Waals surface area contributed by atoms with Crippen molar-refractivity contribution in [3.05, 3.63) is 11.1 Å². The number of Topliss-reactive ketones (excluding diaryl/α,β-unsaturated/α-hetero) is 1. The van der Waals surface area contributed by atoms with Gasteiger partial charge < -0.3 is 0 Å². The topological polar surface area (TPSA) is 17.1 Å². The van der Waals surface area contributed by atoms with Crippen molar-refractivity contribution in [2.24, 2.45) is 22.7 Å². The maximum Gasteiger partial charge on any atom is 0.139 e. The Hall–Kier alpha value is -0.590. The largest absolute Gasteiger partial charge is 0.299 e. The summed E-state index contributed by atoms with van der Waals surface area (Å²) >= 11 is 0. The van der Waals surface area contributed by atoms with E-state index in [1.54, 1.807) is 11.1 Å². The Labute approximate surface area is 117 Å². The highest BCUT2D eigenvalue weighted by Crippen LogP contribution is 2.62. The molecule has 0 radical (unpaired) electrons. The molecule has 0 N–H and O–H groups in total. The lowest BCUT2D eigenvalue weighted by atomic mass is 9.52. The third kappa shape index (κ3) is 1.76. The van der Waals surface area contributed by atoms with E-state index in [2.05, 4.69) is 27.7 Å². The quantitative estimate of drug-likeness (QED) is 0.612. The molecule has 1 nitrogen and oxygen atoms in total. The number of allylic oxidation sites excluding steroid dienone is 2. The van der Waals surface area contributed by atoms with Crippen LogP contribution in [-0.4, -0.2) is 5.78 Å². The van der Waals surface area contributed by atoms with E-state index in [1.165, 1.54) is 25.7 Å². The smallest absolute Gasteiger partial charge is 0.139 e. The van der Waals surface area contributed by atoms with Gasteiger partial charge in [-0.25, -0.2) is 0 Å². The Kier molecular flexibility index (Phi) is 2.96. The molecule has 2 saturated carbocycles. The third-order valence-electron chi connectivity index (χ3n) is 6.49. The third-order valence-corrected chi connectivity index (χ3v) is 6.49. The lowest BCUT2D eigenvalue weighted by Gasteiger charge is -2.51. The zero-order chi connectivity index (χ0) is 13.8. The van der Waals surface area contributed by atoms with Crippen LogP contribution in [0.2, 0.25) is 0 Å². The molecular weight excluding hydrogens is 232 g/mol. The Bertz CT molecular complexity index is 445. The van der Waals surface area contributed by atoms with Crippen LogP contribution in [0.15, 0.2) is 11.1 Å². The van der Waals surface area contributed by atoms with Crippen LogP contribution >= 0.6 is 0 Å². The first-order valence-corrected chi connectivity index (χ1v) is 8.15. The lowest BCUT2D eigenvalue weighted by Crippen LogP contribution is -2.47. The van der Waals surface area contributed by atoms with Gasteiger partial charge in [0.05, 0.1) is 0 Å². The van der Waals surface area contributed by atoms with Crippen LogP contribution in [0.1, 0.15) is 72.6 Å². The zero-order valence-electron chi connectivity index (χ0n) is 13.0. The number of ketones is 1. The van der Waals surface area contributed by atoms with E-state index in [4.69, 9.17) is 0 Å². The standard InChI is InChI=1S/C18H28O/c1-12(2)13-8-9-17(3)10-11-18(4)14(16(13)17)6-5-7-15(18)19/h12,14H,5-11H2,1-4H3/t14-,17-,18-/m1/s1. The predicted octanol–water partition coefficient (Wildman–Crippen LogP) is 4.91. The minimum atomic E-state index is -0.0302. The van der Waals surface area contributed by atoms with Gasteiger partial charge >= 0.3 is 0 Å². The van der Waals surface area contributed by atoms with Crippen LogP contribution < -0.4 is 0 Å². The number of fused-ring (bicyclic) bond motifs is 3. The van der Waals surface area contributed by atoms with E-state index in [9.17, 15) is 4.79 Å². The summed E-state index contributed by atoms with van der Waals surface area (Å²) in [4.78, 5) is 12.5. The van der Waals surface area contributed by atoms with E-state index >= 15 is 0 Å². The molecule has 2 fully saturated rings. The van der Waals surface area contributed by atoms with Gasteiger partial charge in [0.1, 0.15) is 5.78 Å². The van der Waals surface area contributed by atoms with Crippen molar-refractivity contribution < 1.29 is 4.79 Å². The summed E-state index contributed by atoms with van der Waals surface area (Å²) < 4.78 is 0. The minimum Gasteiger partial charge on any atom is -0.299 e. The van der Waals surface area contributed by atoms with Crippen LogP contribution in [0.5, 0.6) is 0 Å². The average molecular weight is 260 g/mol. The van der Waals surface area contributed by atoms with Gasteiger partial charge in [-0.1, -0.05) is 38.8 Å². The van der Waals surface area contributed by atoms with Gasteiger partial charge in [-0.15, -0.1) is 0 Å². The molecule has 3 atom stereocenters. The van der Waals surface area contributed by atoms with Gasteiger partial charge in [-0.2, -0.15) is 0 Å². The van der Waals surface area contributed by atoms with Gasteiger partial charge in [0, 0.05) is 11.8 Å². The first-order valence-electron chi connectivity index (χ1n) is 8.15. The number of hydrogen-bond acceptors (Lipinski definition) is 1. The van der Waals surface area contributed by atoms with Crippen LogP contribution in [0.4, 0.5) is 0 Å². The molecule has 0 unspecified atom stereocenters. The van der Waals surface area contributed by atoms with Gasteiger partial charge in [-0.05, 0) is 55.8 Å². The minimum absolute atomic E-state index is 0.0302. The fourth-order valence-electron chi connectivity index (χ4n) is 5.15. The van der Waals surface area contributed by atoms with Gasteiger partial charge in [0.2, 0.25) is 0 Å². The molecule has 0 spiro atoms. The summed E-state index contributed by atoms with van der Waals surface area (Å²) in [5.41, 5.74) is 3.82. The monoisotopic (exact) mass is 260 g/mol. The second kappa shape index (κ2) is 4.20. The second-order valence-corrected chi connectivity index (χ2v) is 7.94. The van der Waals surface area contributed by atoms with Crippen LogP contribution in [0, 0.1) is 22.7 Å². The highest BCUT2D eigenvalue weighted by atomic mass is 16.1. The highest BCUT2D eigenvalue weighted by molar-refractivity contribution is 5.86. The Morgan fingerprint density at radius 3 is 2.53 bits per heavy atom. The molecular formula is C18H28O. The molecule has 0 saturated heterocycles.